The second-order valence-electron chi connectivity index (χ2n) is 7.16. The first-order valence-electron chi connectivity index (χ1n) is 9.55. The fraction of sp³-hybridized carbons (Fsp3) is 0.238. The molecule has 4 heterocycles. The van der Waals surface area contributed by atoms with Crippen LogP contribution in [0.15, 0.2) is 47.4 Å². The third kappa shape index (κ3) is 3.17. The molecule has 0 spiro atoms. The molecule has 8 nitrogen and oxygen atoms in total. The average Bonchev–Trinajstić information content (AvgIpc) is 2.74. The number of rotatable bonds is 2. The summed E-state index contributed by atoms with van der Waals surface area (Å²) in [5, 5.41) is 14.0. The molecule has 1 aliphatic rings. The quantitative estimate of drug-likeness (QED) is 0.540. The molecule has 4 aromatic rings. The van der Waals surface area contributed by atoms with E-state index in [4.69, 9.17) is 0 Å². The van der Waals surface area contributed by atoms with Crippen LogP contribution in [0.2, 0.25) is 0 Å². The minimum absolute atomic E-state index is 0.0764. The number of anilines is 1. The molecule has 1 saturated heterocycles. The largest absolute Gasteiger partial charge is 0.493 e. The summed E-state index contributed by atoms with van der Waals surface area (Å²) in [4.78, 5) is 28.0. The fourth-order valence-corrected chi connectivity index (χ4v) is 3.73. The highest BCUT2D eigenvalue weighted by atomic mass is 16.3. The first-order chi connectivity index (χ1) is 14.1. The van der Waals surface area contributed by atoms with Gasteiger partial charge < -0.3 is 15.3 Å². The number of aromatic nitrogens is 4. The van der Waals surface area contributed by atoms with Gasteiger partial charge in [0, 0.05) is 44.0 Å². The first kappa shape index (κ1) is 17.6. The molecule has 0 radical (unpaired) electrons. The van der Waals surface area contributed by atoms with Crippen molar-refractivity contribution in [2.45, 2.75) is 6.92 Å². The van der Waals surface area contributed by atoms with Gasteiger partial charge in [-0.05, 0) is 31.2 Å². The molecular weight excluding hydrogens is 368 g/mol. The van der Waals surface area contributed by atoms with Gasteiger partial charge in [-0.15, -0.1) is 0 Å². The monoisotopic (exact) mass is 388 g/mol. The first-order valence-corrected chi connectivity index (χ1v) is 9.55. The number of nitrogens with zero attached hydrogens (tertiary/aromatic N) is 5. The molecule has 146 valence electrons. The molecule has 0 saturated carbocycles. The summed E-state index contributed by atoms with van der Waals surface area (Å²) in [5.41, 5.74) is 3.37. The molecule has 8 heteroatoms. The van der Waals surface area contributed by atoms with Gasteiger partial charge in [0.15, 0.2) is 0 Å². The van der Waals surface area contributed by atoms with Gasteiger partial charge in [0.05, 0.1) is 22.3 Å². The zero-order valence-electron chi connectivity index (χ0n) is 16.0. The Balaban J connectivity index is 1.59. The van der Waals surface area contributed by atoms with Gasteiger partial charge in [-0.3, -0.25) is 9.20 Å². The highest BCUT2D eigenvalue weighted by Crippen LogP contribution is 2.27. The van der Waals surface area contributed by atoms with E-state index in [0.717, 1.165) is 37.4 Å². The maximum absolute atomic E-state index is 12.8. The molecule has 5 rings (SSSR count). The third-order valence-electron chi connectivity index (χ3n) is 5.21. The Morgan fingerprint density at radius 3 is 2.69 bits per heavy atom. The summed E-state index contributed by atoms with van der Waals surface area (Å²) >= 11 is 0. The number of aromatic hydroxyl groups is 1. The summed E-state index contributed by atoms with van der Waals surface area (Å²) < 4.78 is 1.58. The number of nitrogens with one attached hydrogen (secondary N) is 1. The summed E-state index contributed by atoms with van der Waals surface area (Å²) in [5.74, 6) is 0.428. The molecule has 29 heavy (non-hydrogen) atoms. The normalized spacial score (nSPS) is 14.6. The van der Waals surface area contributed by atoms with Crippen molar-refractivity contribution in [2.75, 3.05) is 31.1 Å². The zero-order chi connectivity index (χ0) is 20.0. The summed E-state index contributed by atoms with van der Waals surface area (Å²) in [6.07, 6.45) is 1.85. The lowest BCUT2D eigenvalue weighted by Crippen LogP contribution is -2.43. The van der Waals surface area contributed by atoms with Crippen molar-refractivity contribution in [1.29, 1.82) is 0 Å². The van der Waals surface area contributed by atoms with Crippen molar-refractivity contribution in [3.63, 3.8) is 0 Å². The smallest absolute Gasteiger partial charge is 0.258 e. The molecule has 0 atom stereocenters. The Hall–Kier alpha value is -3.52. The van der Waals surface area contributed by atoms with Crippen LogP contribution in [0.25, 0.3) is 27.8 Å². The van der Waals surface area contributed by atoms with Crippen LogP contribution in [-0.4, -0.2) is 50.6 Å². The molecule has 2 N–H and O–H groups in total. The summed E-state index contributed by atoms with van der Waals surface area (Å²) in [7, 11) is 0. The third-order valence-corrected chi connectivity index (χ3v) is 5.21. The number of aryl methyl sites for hydroxylation is 1. The van der Waals surface area contributed by atoms with Gasteiger partial charge in [0.25, 0.3) is 5.56 Å². The number of piperazine rings is 1. The van der Waals surface area contributed by atoms with Crippen LogP contribution in [-0.2, 0) is 0 Å². The Bertz CT molecular complexity index is 1290. The zero-order valence-corrected chi connectivity index (χ0v) is 16.0. The van der Waals surface area contributed by atoms with Crippen LogP contribution < -0.4 is 15.8 Å². The van der Waals surface area contributed by atoms with Crippen molar-refractivity contribution in [2.24, 2.45) is 0 Å². The van der Waals surface area contributed by atoms with E-state index in [0.29, 0.717) is 28.1 Å². The van der Waals surface area contributed by atoms with Crippen molar-refractivity contribution in [3.05, 3.63) is 58.8 Å². The van der Waals surface area contributed by atoms with Crippen LogP contribution in [0.4, 0.5) is 5.69 Å². The molecule has 1 fully saturated rings. The standard InChI is InChI=1S/C21H20N6O2/c1-13-23-17-4-2-14(10-16(17)21(29)24-13)18-11-20(28)27-12-15(3-5-19(27)25-18)26-8-6-22-7-9-26/h2-5,10-12,22H,6-9H2,1H3,(H,23,24,29). The van der Waals surface area contributed by atoms with E-state index in [1.165, 1.54) is 6.07 Å². The molecule has 3 aromatic heterocycles. The maximum atomic E-state index is 12.8. The summed E-state index contributed by atoms with van der Waals surface area (Å²) in [6.45, 7) is 5.42. The van der Waals surface area contributed by atoms with Gasteiger partial charge in [0.1, 0.15) is 11.5 Å². The molecule has 1 aromatic carbocycles. The predicted molar refractivity (Wildman–Crippen MR) is 111 cm³/mol. The van der Waals surface area contributed by atoms with E-state index < -0.39 is 0 Å². The second kappa shape index (κ2) is 6.82. The molecule has 0 amide bonds. The van der Waals surface area contributed by atoms with Gasteiger partial charge in [-0.1, -0.05) is 6.07 Å². The minimum atomic E-state index is -0.147. The van der Waals surface area contributed by atoms with Crippen LogP contribution in [0.5, 0.6) is 5.88 Å². The highest BCUT2D eigenvalue weighted by molar-refractivity contribution is 5.87. The van der Waals surface area contributed by atoms with Crippen LogP contribution >= 0.6 is 0 Å². The molecular formula is C21H20N6O2. The number of fused-ring (bicyclic) bond motifs is 2. The van der Waals surface area contributed by atoms with E-state index in [-0.39, 0.29) is 11.4 Å². The fourth-order valence-electron chi connectivity index (χ4n) is 3.73. The Morgan fingerprint density at radius 2 is 1.86 bits per heavy atom. The van der Waals surface area contributed by atoms with E-state index >= 15 is 0 Å². The molecule has 1 aliphatic heterocycles. The van der Waals surface area contributed by atoms with Gasteiger partial charge in [-0.25, -0.2) is 9.97 Å². The van der Waals surface area contributed by atoms with E-state index in [9.17, 15) is 9.90 Å². The lowest BCUT2D eigenvalue weighted by atomic mass is 10.1. The number of benzene rings is 1. The number of hydrogen-bond donors (Lipinski definition) is 2. The Morgan fingerprint density at radius 1 is 1.03 bits per heavy atom. The molecule has 0 aliphatic carbocycles. The average molecular weight is 388 g/mol. The Kier molecular flexibility index (Phi) is 4.13. The van der Waals surface area contributed by atoms with Crippen molar-refractivity contribution in [1.82, 2.24) is 24.7 Å². The van der Waals surface area contributed by atoms with Crippen molar-refractivity contribution >= 4 is 22.2 Å². The second-order valence-corrected chi connectivity index (χ2v) is 7.16. The molecule has 0 bridgehead atoms. The Labute approximate surface area is 166 Å². The summed E-state index contributed by atoms with van der Waals surface area (Å²) in [6, 6.07) is 10.8. The van der Waals surface area contributed by atoms with E-state index in [2.05, 4.69) is 25.2 Å². The van der Waals surface area contributed by atoms with E-state index in [1.807, 2.05) is 24.4 Å². The van der Waals surface area contributed by atoms with E-state index in [1.54, 1.807) is 23.5 Å². The van der Waals surface area contributed by atoms with Crippen molar-refractivity contribution < 1.29 is 5.11 Å². The topological polar surface area (TPSA) is 95.7 Å². The minimum Gasteiger partial charge on any atom is -0.493 e. The van der Waals surface area contributed by atoms with Crippen LogP contribution in [0, 0.1) is 6.92 Å². The maximum Gasteiger partial charge on any atom is 0.258 e. The molecule has 0 unspecified atom stereocenters. The SMILES string of the molecule is Cc1nc(O)c2cc(-c3cc(=O)n4cc(N5CCNCC5)ccc4n3)ccc2n1. The van der Waals surface area contributed by atoms with Gasteiger partial charge in [0.2, 0.25) is 5.88 Å². The van der Waals surface area contributed by atoms with Crippen molar-refractivity contribution in [3.8, 4) is 17.1 Å². The van der Waals surface area contributed by atoms with Crippen LogP contribution in [0.1, 0.15) is 5.82 Å². The predicted octanol–water partition coefficient (Wildman–Crippen LogP) is 1.73. The van der Waals surface area contributed by atoms with Crippen LogP contribution in [0.3, 0.4) is 0 Å². The van der Waals surface area contributed by atoms with Gasteiger partial charge >= 0.3 is 0 Å². The lowest BCUT2D eigenvalue weighted by molar-refractivity contribution is 0.457. The van der Waals surface area contributed by atoms with Gasteiger partial charge in [-0.2, -0.15) is 4.98 Å². The number of hydrogen-bond acceptors (Lipinski definition) is 7. The number of pyridine rings is 1. The highest BCUT2D eigenvalue weighted by Gasteiger charge is 2.13. The lowest BCUT2D eigenvalue weighted by Gasteiger charge is -2.29.